The van der Waals surface area contributed by atoms with Gasteiger partial charge in [-0.15, -0.1) is 13.2 Å². The summed E-state index contributed by atoms with van der Waals surface area (Å²) < 4.78 is 48.0. The molecule has 0 radical (unpaired) electrons. The van der Waals surface area contributed by atoms with E-state index in [4.69, 9.17) is 4.74 Å². The minimum absolute atomic E-state index is 0.159. The quantitative estimate of drug-likeness (QED) is 0.765. The molecule has 0 bridgehead atoms. The van der Waals surface area contributed by atoms with Gasteiger partial charge in [-0.1, -0.05) is 15.9 Å². The van der Waals surface area contributed by atoms with Crippen molar-refractivity contribution in [2.24, 2.45) is 0 Å². The maximum absolute atomic E-state index is 12.7. The first-order chi connectivity index (χ1) is 10.7. The lowest BCUT2D eigenvalue weighted by molar-refractivity contribution is -0.274. The zero-order valence-electron chi connectivity index (χ0n) is 13.4. The van der Waals surface area contributed by atoms with Gasteiger partial charge in [0.25, 0.3) is 0 Å². The lowest BCUT2D eigenvalue weighted by Crippen LogP contribution is -2.49. The Bertz CT molecular complexity index is 721. The van der Waals surface area contributed by atoms with Crippen LogP contribution in [0.5, 0.6) is 5.75 Å². The van der Waals surface area contributed by atoms with Crippen molar-refractivity contribution in [1.29, 1.82) is 0 Å². The van der Waals surface area contributed by atoms with Gasteiger partial charge in [0.15, 0.2) is 5.78 Å². The Morgan fingerprint density at radius 3 is 2.29 bits per heavy atom. The van der Waals surface area contributed by atoms with Crippen LogP contribution in [0, 0.1) is 0 Å². The minimum Gasteiger partial charge on any atom is -0.508 e. The van der Waals surface area contributed by atoms with Crippen LogP contribution in [-0.4, -0.2) is 28.5 Å². The number of carbonyl (C=O) groups is 1. The third-order valence-electron chi connectivity index (χ3n) is 3.53. The summed E-state index contributed by atoms with van der Waals surface area (Å²) in [6, 6.07) is 3.72. The summed E-state index contributed by atoms with van der Waals surface area (Å²) in [5.74, 6) is -1.66. The van der Waals surface area contributed by atoms with Crippen molar-refractivity contribution in [3.8, 4) is 5.75 Å². The van der Waals surface area contributed by atoms with E-state index in [1.165, 1.54) is 39.8 Å². The molecule has 0 unspecified atom stereocenters. The highest BCUT2D eigenvalue weighted by Crippen LogP contribution is 2.43. The smallest absolute Gasteiger partial charge is 0.508 e. The monoisotopic (exact) mass is 408 g/mol. The van der Waals surface area contributed by atoms with Crippen LogP contribution in [0.2, 0.25) is 0 Å². The molecule has 1 aromatic rings. The molecule has 0 aliphatic carbocycles. The van der Waals surface area contributed by atoms with Gasteiger partial charge in [-0.2, -0.15) is 0 Å². The molecule has 0 aromatic heterocycles. The number of halogens is 4. The predicted octanol–water partition coefficient (Wildman–Crippen LogP) is 4.77. The van der Waals surface area contributed by atoms with E-state index in [2.05, 4.69) is 20.7 Å². The highest BCUT2D eigenvalue weighted by atomic mass is 79.9. The van der Waals surface area contributed by atoms with Crippen LogP contribution in [0.25, 0.3) is 5.57 Å². The Morgan fingerprint density at radius 2 is 1.75 bits per heavy atom. The van der Waals surface area contributed by atoms with Crippen molar-refractivity contribution in [3.63, 3.8) is 0 Å². The van der Waals surface area contributed by atoms with Crippen LogP contribution in [0.15, 0.2) is 28.4 Å². The summed E-state index contributed by atoms with van der Waals surface area (Å²) in [7, 11) is 0. The number of hydrogen-bond acceptors (Lipinski definition) is 4. The number of ether oxygens (including phenoxy) is 2. The average molecular weight is 409 g/mol. The highest BCUT2D eigenvalue weighted by molar-refractivity contribution is 9.10. The molecule has 0 saturated carbocycles. The second kappa shape index (κ2) is 5.77. The lowest BCUT2D eigenvalue weighted by atomic mass is 9.83. The van der Waals surface area contributed by atoms with Crippen LogP contribution in [0.3, 0.4) is 0 Å². The topological polar surface area (TPSA) is 55.8 Å². The second-order valence-corrected chi connectivity index (χ2v) is 7.28. The van der Waals surface area contributed by atoms with Crippen LogP contribution < -0.4 is 4.74 Å². The van der Waals surface area contributed by atoms with E-state index in [1.807, 2.05) is 0 Å². The van der Waals surface area contributed by atoms with Gasteiger partial charge in [0.05, 0.1) is 5.57 Å². The molecule has 8 heteroatoms. The number of aliphatic hydroxyl groups is 1. The molecular formula is C16H16BrF3O4. The fourth-order valence-corrected chi connectivity index (χ4v) is 2.96. The van der Waals surface area contributed by atoms with Gasteiger partial charge < -0.3 is 14.6 Å². The molecule has 0 saturated heterocycles. The van der Waals surface area contributed by atoms with Crippen molar-refractivity contribution in [2.75, 3.05) is 0 Å². The summed E-state index contributed by atoms with van der Waals surface area (Å²) >= 11 is 3.16. The third-order valence-corrected chi connectivity index (χ3v) is 4.02. The van der Waals surface area contributed by atoms with Crippen LogP contribution in [0.4, 0.5) is 13.2 Å². The molecule has 0 spiro atoms. The molecule has 1 N–H and O–H groups in total. The van der Waals surface area contributed by atoms with Crippen molar-refractivity contribution in [3.05, 3.63) is 34.0 Å². The summed E-state index contributed by atoms with van der Waals surface area (Å²) in [4.78, 5) is 12.7. The Hall–Kier alpha value is -1.54. The number of ketones is 1. The summed E-state index contributed by atoms with van der Waals surface area (Å²) in [6.07, 6.45) is -4.93. The Labute approximate surface area is 145 Å². The van der Waals surface area contributed by atoms with Crippen LogP contribution in [-0.2, 0) is 9.53 Å². The van der Waals surface area contributed by atoms with Gasteiger partial charge in [-0.05, 0) is 45.9 Å². The summed E-state index contributed by atoms with van der Waals surface area (Å²) in [5.41, 5.74) is -2.97. The van der Waals surface area contributed by atoms with E-state index < -0.39 is 34.9 Å². The minimum atomic E-state index is -4.93. The molecule has 1 heterocycles. The molecule has 0 fully saturated rings. The largest absolute Gasteiger partial charge is 0.573 e. The molecule has 4 nitrogen and oxygen atoms in total. The molecule has 1 aliphatic rings. The zero-order chi connectivity index (χ0) is 18.5. The Balaban J connectivity index is 2.73. The van der Waals surface area contributed by atoms with Crippen molar-refractivity contribution in [1.82, 2.24) is 0 Å². The fraction of sp³-hybridized carbons (Fsp3) is 0.438. The number of aliphatic hydroxyl groups excluding tert-OH is 1. The van der Waals surface area contributed by atoms with E-state index in [9.17, 15) is 23.1 Å². The molecule has 0 amide bonds. The molecule has 24 heavy (non-hydrogen) atoms. The van der Waals surface area contributed by atoms with Gasteiger partial charge in [-0.25, -0.2) is 0 Å². The maximum atomic E-state index is 12.7. The predicted molar refractivity (Wildman–Crippen MR) is 84.6 cm³/mol. The number of benzene rings is 1. The molecule has 0 atom stereocenters. The van der Waals surface area contributed by atoms with Crippen LogP contribution >= 0.6 is 15.9 Å². The lowest BCUT2D eigenvalue weighted by Gasteiger charge is -2.40. The first kappa shape index (κ1) is 18.8. The van der Waals surface area contributed by atoms with Crippen molar-refractivity contribution < 1.29 is 32.5 Å². The van der Waals surface area contributed by atoms with E-state index in [0.29, 0.717) is 4.47 Å². The normalized spacial score (nSPS) is 20.2. The first-order valence-electron chi connectivity index (χ1n) is 6.99. The van der Waals surface area contributed by atoms with Gasteiger partial charge >= 0.3 is 6.36 Å². The van der Waals surface area contributed by atoms with Crippen LogP contribution in [0.1, 0.15) is 33.3 Å². The summed E-state index contributed by atoms with van der Waals surface area (Å²) in [5, 5.41) is 10.4. The highest BCUT2D eigenvalue weighted by Gasteiger charge is 2.48. The third kappa shape index (κ3) is 3.59. The maximum Gasteiger partial charge on any atom is 0.573 e. The van der Waals surface area contributed by atoms with Crippen molar-refractivity contribution in [2.45, 2.75) is 45.3 Å². The first-order valence-corrected chi connectivity index (χ1v) is 7.78. The Morgan fingerprint density at radius 1 is 1.17 bits per heavy atom. The molecule has 1 aromatic carbocycles. The SMILES string of the molecule is CC1(C)OC(C)(C)C(O)=C(c2cc(Br)ccc2OC(F)(F)F)C1=O. The number of hydrogen-bond donors (Lipinski definition) is 1. The standard InChI is InChI=1S/C16H16BrF3O4/c1-14(2)12(21)11(13(22)15(3,4)24-14)9-7-8(17)5-6-10(9)23-16(18,19)20/h5-7,21H,1-4H3. The molecular weight excluding hydrogens is 393 g/mol. The van der Waals surface area contributed by atoms with Gasteiger partial charge in [0, 0.05) is 10.0 Å². The number of alkyl halides is 3. The Kier molecular flexibility index (Phi) is 4.52. The molecule has 2 rings (SSSR count). The summed E-state index contributed by atoms with van der Waals surface area (Å²) in [6.45, 7) is 6.04. The van der Waals surface area contributed by atoms with E-state index in [1.54, 1.807) is 0 Å². The zero-order valence-corrected chi connectivity index (χ0v) is 15.0. The molecule has 1 aliphatic heterocycles. The number of Topliss-reactive ketones (excluding diaryl/α,β-unsaturated/α-hetero) is 1. The molecule has 132 valence electrons. The van der Waals surface area contributed by atoms with E-state index >= 15 is 0 Å². The fourth-order valence-electron chi connectivity index (χ4n) is 2.60. The van der Waals surface area contributed by atoms with Crippen molar-refractivity contribution >= 4 is 27.3 Å². The number of rotatable bonds is 2. The van der Waals surface area contributed by atoms with Gasteiger partial charge in [0.1, 0.15) is 22.7 Å². The van der Waals surface area contributed by atoms with E-state index in [-0.39, 0.29) is 11.1 Å². The second-order valence-electron chi connectivity index (χ2n) is 6.36. The number of carbonyl (C=O) groups excluding carboxylic acids is 1. The van der Waals surface area contributed by atoms with Gasteiger partial charge in [-0.3, -0.25) is 4.79 Å². The average Bonchev–Trinajstić information content (AvgIpc) is 2.38. The van der Waals surface area contributed by atoms with E-state index in [0.717, 1.165) is 6.07 Å². The van der Waals surface area contributed by atoms with Gasteiger partial charge in [0.2, 0.25) is 0 Å².